The minimum Gasteiger partial charge on any atom is -0.369 e. The van der Waals surface area contributed by atoms with E-state index in [1.165, 1.54) is 23.4 Å². The summed E-state index contributed by atoms with van der Waals surface area (Å²) in [7, 11) is 0. The zero-order valence-corrected chi connectivity index (χ0v) is 14.0. The molecule has 2 heterocycles. The van der Waals surface area contributed by atoms with Gasteiger partial charge in [0, 0.05) is 59.8 Å². The Bertz CT molecular complexity index is 428. The van der Waals surface area contributed by atoms with E-state index in [0.717, 1.165) is 24.9 Å². The molecular formula is C16H27N3S. The summed E-state index contributed by atoms with van der Waals surface area (Å²) in [5, 5.41) is 4.34. The molecule has 0 amide bonds. The lowest BCUT2D eigenvalue weighted by Gasteiger charge is -2.35. The maximum absolute atomic E-state index is 4.31. The van der Waals surface area contributed by atoms with Crippen molar-refractivity contribution in [1.29, 1.82) is 0 Å². The van der Waals surface area contributed by atoms with Gasteiger partial charge in [0.15, 0.2) is 0 Å². The fourth-order valence-corrected chi connectivity index (χ4v) is 3.59. The summed E-state index contributed by atoms with van der Waals surface area (Å²) in [6.07, 6.45) is 5.18. The first kappa shape index (κ1) is 15.6. The first-order valence-corrected chi connectivity index (χ1v) is 8.59. The highest BCUT2D eigenvalue weighted by Gasteiger charge is 2.21. The minimum absolute atomic E-state index is 0.136. The van der Waals surface area contributed by atoms with Gasteiger partial charge in [-0.1, -0.05) is 6.92 Å². The predicted octanol–water partition coefficient (Wildman–Crippen LogP) is 3.30. The highest BCUT2D eigenvalue weighted by molar-refractivity contribution is 8.00. The van der Waals surface area contributed by atoms with Crippen molar-refractivity contribution >= 4 is 17.4 Å². The summed E-state index contributed by atoms with van der Waals surface area (Å²) >= 11 is 2.11. The van der Waals surface area contributed by atoms with Gasteiger partial charge in [0.25, 0.3) is 0 Å². The van der Waals surface area contributed by atoms with E-state index in [0.29, 0.717) is 0 Å². The molecule has 0 bridgehead atoms. The summed E-state index contributed by atoms with van der Waals surface area (Å²) in [5.74, 6) is 1.23. The molecule has 1 unspecified atom stereocenters. The highest BCUT2D eigenvalue weighted by Crippen LogP contribution is 2.28. The van der Waals surface area contributed by atoms with Crippen molar-refractivity contribution in [2.45, 2.75) is 51.4 Å². The molecule has 0 spiro atoms. The fraction of sp³-hybridized carbons (Fsp3) is 0.688. The number of rotatable bonds is 4. The zero-order valence-electron chi connectivity index (χ0n) is 13.1. The second-order valence-corrected chi connectivity index (χ2v) is 7.86. The first-order valence-electron chi connectivity index (χ1n) is 7.54. The van der Waals surface area contributed by atoms with E-state index in [-0.39, 0.29) is 5.54 Å². The Labute approximate surface area is 127 Å². The van der Waals surface area contributed by atoms with Crippen LogP contribution in [0.3, 0.4) is 0 Å². The largest absolute Gasteiger partial charge is 0.369 e. The average Bonchev–Trinajstić information content (AvgIpc) is 2.45. The average molecular weight is 293 g/mol. The van der Waals surface area contributed by atoms with E-state index in [9.17, 15) is 0 Å². The van der Waals surface area contributed by atoms with Gasteiger partial charge in [-0.3, -0.25) is 4.98 Å². The normalized spacial score (nSPS) is 20.2. The van der Waals surface area contributed by atoms with E-state index in [1.54, 1.807) is 0 Å². The second-order valence-electron chi connectivity index (χ2n) is 6.46. The Morgan fingerprint density at radius 2 is 2.25 bits per heavy atom. The molecule has 1 atom stereocenters. The third-order valence-corrected chi connectivity index (χ3v) is 4.99. The molecule has 0 aliphatic carbocycles. The van der Waals surface area contributed by atoms with E-state index in [2.05, 4.69) is 60.7 Å². The lowest BCUT2D eigenvalue weighted by Crippen LogP contribution is -2.39. The predicted molar refractivity (Wildman–Crippen MR) is 89.6 cm³/mol. The van der Waals surface area contributed by atoms with Gasteiger partial charge in [0.2, 0.25) is 0 Å². The summed E-state index contributed by atoms with van der Waals surface area (Å²) in [6.45, 7) is 12.1. The third kappa shape index (κ3) is 4.38. The molecule has 1 aromatic heterocycles. The van der Waals surface area contributed by atoms with E-state index < -0.39 is 0 Å². The maximum atomic E-state index is 4.31. The van der Waals surface area contributed by atoms with Gasteiger partial charge in [0.1, 0.15) is 0 Å². The van der Waals surface area contributed by atoms with E-state index in [1.807, 2.05) is 12.4 Å². The Kier molecular flexibility index (Phi) is 5.33. The van der Waals surface area contributed by atoms with Crippen molar-refractivity contribution in [2.75, 3.05) is 23.7 Å². The SMILES string of the molecule is CCC1CN(c2ccncc2CNC(C)(C)C)CCS1. The molecule has 0 radical (unpaired) electrons. The molecule has 0 saturated carbocycles. The molecule has 0 aromatic carbocycles. The van der Waals surface area contributed by atoms with Crippen molar-refractivity contribution < 1.29 is 0 Å². The van der Waals surface area contributed by atoms with Crippen molar-refractivity contribution in [3.8, 4) is 0 Å². The number of hydrogen-bond acceptors (Lipinski definition) is 4. The quantitative estimate of drug-likeness (QED) is 0.922. The van der Waals surface area contributed by atoms with Gasteiger partial charge >= 0.3 is 0 Å². The summed E-state index contributed by atoms with van der Waals surface area (Å²) < 4.78 is 0. The molecule has 20 heavy (non-hydrogen) atoms. The monoisotopic (exact) mass is 293 g/mol. The Balaban J connectivity index is 2.10. The fourth-order valence-electron chi connectivity index (χ4n) is 2.41. The van der Waals surface area contributed by atoms with Gasteiger partial charge < -0.3 is 10.2 Å². The van der Waals surface area contributed by atoms with E-state index >= 15 is 0 Å². The minimum atomic E-state index is 0.136. The number of nitrogens with one attached hydrogen (secondary N) is 1. The van der Waals surface area contributed by atoms with Gasteiger partial charge in [-0.2, -0.15) is 11.8 Å². The van der Waals surface area contributed by atoms with Crippen LogP contribution in [0.1, 0.15) is 39.7 Å². The zero-order chi connectivity index (χ0) is 14.6. The molecule has 1 aliphatic heterocycles. The van der Waals surface area contributed by atoms with Crippen LogP contribution in [0.25, 0.3) is 0 Å². The van der Waals surface area contributed by atoms with Crippen LogP contribution in [-0.4, -0.2) is 34.6 Å². The molecule has 4 heteroatoms. The number of aromatic nitrogens is 1. The lowest BCUT2D eigenvalue weighted by molar-refractivity contribution is 0.424. The van der Waals surface area contributed by atoms with Crippen LogP contribution < -0.4 is 10.2 Å². The number of thioether (sulfide) groups is 1. The Hall–Kier alpha value is -0.740. The molecule has 2 rings (SSSR count). The van der Waals surface area contributed by atoms with Crippen molar-refractivity contribution in [2.24, 2.45) is 0 Å². The molecule has 1 fully saturated rings. The molecule has 1 saturated heterocycles. The summed E-state index contributed by atoms with van der Waals surface area (Å²) in [4.78, 5) is 6.84. The molecule has 1 aromatic rings. The third-order valence-electron chi connectivity index (χ3n) is 3.62. The number of hydrogen-bond donors (Lipinski definition) is 1. The first-order chi connectivity index (χ1) is 9.49. The molecule has 1 N–H and O–H groups in total. The Morgan fingerprint density at radius 3 is 2.95 bits per heavy atom. The number of anilines is 1. The van der Waals surface area contributed by atoms with Crippen molar-refractivity contribution in [3.63, 3.8) is 0 Å². The standard InChI is InChI=1S/C16H27N3S/c1-5-14-12-19(8-9-20-14)15-6-7-17-10-13(15)11-18-16(2,3)4/h6-7,10,14,18H,5,8-9,11-12H2,1-4H3. The van der Waals surface area contributed by atoms with Crippen LogP contribution in [0.2, 0.25) is 0 Å². The van der Waals surface area contributed by atoms with Gasteiger partial charge in [-0.25, -0.2) is 0 Å². The Morgan fingerprint density at radius 1 is 1.45 bits per heavy atom. The van der Waals surface area contributed by atoms with Crippen molar-refractivity contribution in [1.82, 2.24) is 10.3 Å². The second kappa shape index (κ2) is 6.81. The van der Waals surface area contributed by atoms with Crippen molar-refractivity contribution in [3.05, 3.63) is 24.0 Å². The highest BCUT2D eigenvalue weighted by atomic mass is 32.2. The van der Waals surface area contributed by atoms with Gasteiger partial charge in [0.05, 0.1) is 0 Å². The van der Waals surface area contributed by atoms with Crippen LogP contribution in [0.15, 0.2) is 18.5 Å². The molecular weight excluding hydrogens is 266 g/mol. The summed E-state index contributed by atoms with van der Waals surface area (Å²) in [5.41, 5.74) is 2.80. The van der Waals surface area contributed by atoms with Gasteiger partial charge in [-0.05, 0) is 33.3 Å². The number of nitrogens with zero attached hydrogens (tertiary/aromatic N) is 2. The summed E-state index contributed by atoms with van der Waals surface area (Å²) in [6, 6.07) is 2.17. The topological polar surface area (TPSA) is 28.2 Å². The smallest absolute Gasteiger partial charge is 0.0443 e. The maximum Gasteiger partial charge on any atom is 0.0443 e. The molecule has 1 aliphatic rings. The lowest BCUT2D eigenvalue weighted by atomic mass is 10.1. The van der Waals surface area contributed by atoms with E-state index in [4.69, 9.17) is 0 Å². The van der Waals surface area contributed by atoms with Crippen LogP contribution in [0.5, 0.6) is 0 Å². The van der Waals surface area contributed by atoms with Crippen LogP contribution >= 0.6 is 11.8 Å². The van der Waals surface area contributed by atoms with Crippen LogP contribution in [0.4, 0.5) is 5.69 Å². The van der Waals surface area contributed by atoms with Crippen LogP contribution in [0, 0.1) is 0 Å². The molecule has 3 nitrogen and oxygen atoms in total. The molecule has 112 valence electrons. The number of pyridine rings is 1. The van der Waals surface area contributed by atoms with Crippen LogP contribution in [-0.2, 0) is 6.54 Å². The van der Waals surface area contributed by atoms with Gasteiger partial charge in [-0.15, -0.1) is 0 Å².